The number of thiocarbonyl (C=S) groups is 1. The van der Waals surface area contributed by atoms with E-state index < -0.39 is 0 Å². The van der Waals surface area contributed by atoms with Gasteiger partial charge in [-0.3, -0.25) is 0 Å². The molecule has 0 saturated carbocycles. The third kappa shape index (κ3) is 5.29. The Bertz CT molecular complexity index is 700. The van der Waals surface area contributed by atoms with Crippen LogP contribution < -0.4 is 15.0 Å². The normalized spacial score (nSPS) is 11.7. The van der Waals surface area contributed by atoms with Crippen molar-refractivity contribution in [2.45, 2.75) is 13.0 Å². The molecular weight excluding hydrogens is 358 g/mol. The summed E-state index contributed by atoms with van der Waals surface area (Å²) in [5, 5.41) is 4.37. The van der Waals surface area contributed by atoms with Gasteiger partial charge in [0.1, 0.15) is 11.8 Å². The fourth-order valence-electron chi connectivity index (χ4n) is 2.44. The number of halogens is 1. The second-order valence-corrected chi connectivity index (χ2v) is 6.25. The summed E-state index contributed by atoms with van der Waals surface area (Å²) >= 11 is 11.8. The number of H-pyrrole nitrogens is 1. The second-order valence-electron chi connectivity index (χ2n) is 5.46. The molecule has 1 atom stereocenters. The number of methoxy groups -OCH3 is 2. The van der Waals surface area contributed by atoms with Crippen molar-refractivity contribution in [3.63, 3.8) is 0 Å². The molecule has 134 valence electrons. The van der Waals surface area contributed by atoms with E-state index in [1.54, 1.807) is 26.4 Å². The molecule has 0 bridgehead atoms. The summed E-state index contributed by atoms with van der Waals surface area (Å²) in [7, 11) is 3.26. The van der Waals surface area contributed by atoms with Crippen molar-refractivity contribution >= 4 is 34.6 Å². The summed E-state index contributed by atoms with van der Waals surface area (Å²) in [6.07, 6.45) is 1.90. The Hall–Kier alpha value is -1.89. The minimum atomic E-state index is 0.0603. The maximum absolute atomic E-state index is 6.19. The van der Waals surface area contributed by atoms with E-state index in [2.05, 4.69) is 22.1 Å². The third-order valence-electron chi connectivity index (χ3n) is 3.85. The molecule has 5 nitrogen and oxygen atoms in total. The van der Waals surface area contributed by atoms with Crippen molar-refractivity contribution < 1.29 is 14.5 Å². The topological polar surface area (TPSA) is 47.9 Å². The largest absolute Gasteiger partial charge is 0.495 e. The fourth-order valence-corrected chi connectivity index (χ4v) is 3.06. The zero-order valence-corrected chi connectivity index (χ0v) is 16.2. The summed E-state index contributed by atoms with van der Waals surface area (Å²) in [4.78, 5) is 5.33. The van der Waals surface area contributed by atoms with E-state index in [-0.39, 0.29) is 6.04 Å². The SMILES string of the molecule is COCCN(C(=S)Nc1ccc(OC)c(Cl)c1)C(C)c1cccc[nH+]1. The summed E-state index contributed by atoms with van der Waals surface area (Å²) in [5.74, 6) is 0.627. The predicted octanol–water partition coefficient (Wildman–Crippen LogP) is 3.57. The lowest BCUT2D eigenvalue weighted by molar-refractivity contribution is -0.395. The molecule has 2 rings (SSSR count). The number of hydrogen-bond donors (Lipinski definition) is 1. The fraction of sp³-hybridized carbons (Fsp3) is 0.333. The number of nitrogens with zero attached hydrogens (tertiary/aromatic N) is 1. The van der Waals surface area contributed by atoms with Crippen LogP contribution in [0.3, 0.4) is 0 Å². The highest BCUT2D eigenvalue weighted by Crippen LogP contribution is 2.27. The van der Waals surface area contributed by atoms with Crippen LogP contribution in [-0.4, -0.2) is 37.4 Å². The van der Waals surface area contributed by atoms with Gasteiger partial charge in [-0.05, 0) is 37.3 Å². The first-order chi connectivity index (χ1) is 12.1. The van der Waals surface area contributed by atoms with Crippen LogP contribution in [0.5, 0.6) is 5.75 Å². The summed E-state index contributed by atoms with van der Waals surface area (Å²) in [6, 6.07) is 11.5. The zero-order chi connectivity index (χ0) is 18.2. The highest BCUT2D eigenvalue weighted by molar-refractivity contribution is 7.80. The first-order valence-corrected chi connectivity index (χ1v) is 8.72. The van der Waals surface area contributed by atoms with E-state index in [4.69, 9.17) is 33.3 Å². The van der Waals surface area contributed by atoms with Crippen molar-refractivity contribution in [1.82, 2.24) is 4.90 Å². The van der Waals surface area contributed by atoms with Crippen LogP contribution in [0.1, 0.15) is 18.7 Å². The van der Waals surface area contributed by atoms with Crippen LogP contribution in [0.2, 0.25) is 5.02 Å². The smallest absolute Gasteiger partial charge is 0.202 e. The highest BCUT2D eigenvalue weighted by atomic mass is 35.5. The highest BCUT2D eigenvalue weighted by Gasteiger charge is 2.23. The predicted molar refractivity (Wildman–Crippen MR) is 104 cm³/mol. The minimum Gasteiger partial charge on any atom is -0.495 e. The van der Waals surface area contributed by atoms with E-state index in [1.807, 2.05) is 30.5 Å². The number of aromatic amines is 1. The molecule has 1 aromatic carbocycles. The van der Waals surface area contributed by atoms with E-state index in [0.29, 0.717) is 29.0 Å². The molecule has 25 heavy (non-hydrogen) atoms. The lowest BCUT2D eigenvalue weighted by Gasteiger charge is -2.29. The molecule has 0 amide bonds. The average molecular weight is 381 g/mol. The molecule has 0 aliphatic rings. The number of nitrogens with one attached hydrogen (secondary N) is 2. The van der Waals surface area contributed by atoms with Crippen molar-refractivity contribution in [3.8, 4) is 5.75 Å². The van der Waals surface area contributed by atoms with Crippen molar-refractivity contribution in [2.24, 2.45) is 0 Å². The maximum atomic E-state index is 6.19. The third-order valence-corrected chi connectivity index (χ3v) is 4.48. The van der Waals surface area contributed by atoms with E-state index in [1.165, 1.54) is 0 Å². The molecular formula is C18H23ClN3O2S+. The molecule has 2 aromatic rings. The monoisotopic (exact) mass is 380 g/mol. The van der Waals surface area contributed by atoms with Crippen molar-refractivity contribution in [1.29, 1.82) is 0 Å². The van der Waals surface area contributed by atoms with Gasteiger partial charge in [-0.25, -0.2) is 4.98 Å². The van der Waals surface area contributed by atoms with Gasteiger partial charge in [0.2, 0.25) is 5.69 Å². The van der Waals surface area contributed by atoms with E-state index in [0.717, 1.165) is 11.4 Å². The molecule has 7 heteroatoms. The van der Waals surface area contributed by atoms with Crippen LogP contribution in [0.15, 0.2) is 42.6 Å². The Morgan fingerprint density at radius 3 is 2.72 bits per heavy atom. The van der Waals surface area contributed by atoms with Crippen molar-refractivity contribution in [3.05, 3.63) is 53.3 Å². The Kier molecular flexibility index (Phi) is 7.43. The number of hydrogen-bond acceptors (Lipinski definition) is 3. The number of rotatable bonds is 7. The number of anilines is 1. The lowest BCUT2D eigenvalue weighted by Crippen LogP contribution is -2.40. The number of pyridine rings is 1. The summed E-state index contributed by atoms with van der Waals surface area (Å²) in [6.45, 7) is 3.33. The Balaban J connectivity index is 2.16. The number of benzene rings is 1. The lowest BCUT2D eigenvalue weighted by atomic mass is 10.2. The Morgan fingerprint density at radius 1 is 1.32 bits per heavy atom. The average Bonchev–Trinajstić information content (AvgIpc) is 2.62. The van der Waals surface area contributed by atoms with E-state index >= 15 is 0 Å². The molecule has 1 unspecified atom stereocenters. The molecule has 1 heterocycles. The van der Waals surface area contributed by atoms with Gasteiger partial charge in [-0.1, -0.05) is 17.7 Å². The van der Waals surface area contributed by atoms with Gasteiger partial charge in [-0.2, -0.15) is 0 Å². The standard InChI is InChI=1S/C18H22ClN3O2S/c1-13(16-6-4-5-9-20-16)22(10-11-23-2)18(25)21-14-7-8-17(24-3)15(19)12-14/h4-9,12-13H,10-11H2,1-3H3,(H,21,25)/p+1. The molecule has 0 aliphatic carbocycles. The second kappa shape index (κ2) is 9.56. The first kappa shape index (κ1) is 19.4. The molecule has 2 N–H and O–H groups in total. The zero-order valence-electron chi connectivity index (χ0n) is 14.6. The van der Waals surface area contributed by atoms with Gasteiger partial charge in [0.05, 0.1) is 18.7 Å². The number of aromatic nitrogens is 1. The van der Waals surface area contributed by atoms with Crippen LogP contribution >= 0.6 is 23.8 Å². The Labute approximate surface area is 158 Å². The van der Waals surface area contributed by atoms with Gasteiger partial charge in [0.25, 0.3) is 0 Å². The van der Waals surface area contributed by atoms with Crippen molar-refractivity contribution in [2.75, 3.05) is 32.7 Å². The van der Waals surface area contributed by atoms with Crippen LogP contribution in [0.4, 0.5) is 5.69 Å². The van der Waals surface area contributed by atoms with Crippen LogP contribution in [0.25, 0.3) is 0 Å². The Morgan fingerprint density at radius 2 is 2.12 bits per heavy atom. The van der Waals surface area contributed by atoms with Gasteiger partial charge in [0, 0.05) is 31.5 Å². The first-order valence-electron chi connectivity index (χ1n) is 7.93. The van der Waals surface area contributed by atoms with E-state index in [9.17, 15) is 0 Å². The molecule has 0 spiro atoms. The molecule has 0 aliphatic heterocycles. The van der Waals surface area contributed by atoms with Gasteiger partial charge in [0.15, 0.2) is 11.3 Å². The minimum absolute atomic E-state index is 0.0603. The summed E-state index contributed by atoms with van der Waals surface area (Å²) < 4.78 is 10.4. The molecule has 0 fully saturated rings. The quantitative estimate of drug-likeness (QED) is 0.744. The molecule has 1 aromatic heterocycles. The van der Waals surface area contributed by atoms with Gasteiger partial charge in [-0.15, -0.1) is 0 Å². The van der Waals surface area contributed by atoms with Crippen LogP contribution in [-0.2, 0) is 4.74 Å². The van der Waals surface area contributed by atoms with Gasteiger partial charge < -0.3 is 19.7 Å². The number of ether oxygens (including phenoxy) is 2. The van der Waals surface area contributed by atoms with Gasteiger partial charge >= 0.3 is 0 Å². The van der Waals surface area contributed by atoms with Crippen LogP contribution in [0, 0.1) is 0 Å². The summed E-state index contributed by atoms with van der Waals surface area (Å²) in [5.41, 5.74) is 1.87. The molecule has 0 saturated heterocycles. The maximum Gasteiger partial charge on any atom is 0.202 e. The molecule has 0 radical (unpaired) electrons.